The lowest BCUT2D eigenvalue weighted by atomic mass is 10.2. The average Bonchev–Trinajstić information content (AvgIpc) is 2.25. The molecule has 2 heteroatoms. The summed E-state index contributed by atoms with van der Waals surface area (Å²) in [6.45, 7) is 17.1. The van der Waals surface area contributed by atoms with E-state index in [1.54, 1.807) is 0 Å². The zero-order valence-electron chi connectivity index (χ0n) is 12.1. The summed E-state index contributed by atoms with van der Waals surface area (Å²) < 4.78 is 6.96. The van der Waals surface area contributed by atoms with E-state index in [9.17, 15) is 0 Å². The molecule has 0 fully saturated rings. The molecule has 1 atom stereocenters. The topological polar surface area (TPSA) is 9.23 Å². The minimum atomic E-state index is 0.367. The van der Waals surface area contributed by atoms with Gasteiger partial charge in [0.25, 0.3) is 0 Å². The molecule has 0 aromatic heterocycles. The monoisotopic (exact) mass is 230 g/mol. The molecule has 0 aliphatic heterocycles. The number of likely N-dealkylation sites (N-methyl/N-ethyl adjacent to an activating group) is 1. The van der Waals surface area contributed by atoms with Crippen LogP contribution in [0.5, 0.6) is 0 Å². The lowest BCUT2D eigenvalue weighted by molar-refractivity contribution is -0.927. The minimum absolute atomic E-state index is 0.367. The maximum absolute atomic E-state index is 5.71. The highest BCUT2D eigenvalue weighted by molar-refractivity contribution is 4.46. The molecule has 98 valence electrons. The molecule has 16 heavy (non-hydrogen) atoms. The highest BCUT2D eigenvalue weighted by atomic mass is 16.5. The highest BCUT2D eigenvalue weighted by Crippen LogP contribution is 2.11. The number of ether oxygens (including phenoxy) is 1. The Morgan fingerprint density at radius 3 is 2.06 bits per heavy atom. The van der Waals surface area contributed by atoms with Gasteiger partial charge in [0, 0.05) is 0 Å². The third-order valence-corrected chi connectivity index (χ3v) is 3.37. The molecule has 0 saturated carbocycles. The van der Waals surface area contributed by atoms with Gasteiger partial charge in [0.2, 0.25) is 0 Å². The predicted molar refractivity (Wildman–Crippen MR) is 71.7 cm³/mol. The fourth-order valence-corrected chi connectivity index (χ4v) is 2.26. The van der Waals surface area contributed by atoms with E-state index in [1.165, 1.54) is 49.9 Å². The lowest BCUT2D eigenvalue weighted by Crippen LogP contribution is -2.51. The van der Waals surface area contributed by atoms with Crippen LogP contribution in [0.25, 0.3) is 0 Å². The van der Waals surface area contributed by atoms with E-state index in [0.29, 0.717) is 6.10 Å². The molecule has 1 unspecified atom stereocenters. The smallest absolute Gasteiger partial charge is 0.102 e. The van der Waals surface area contributed by atoms with Crippen LogP contribution in [-0.4, -0.2) is 43.4 Å². The van der Waals surface area contributed by atoms with E-state index in [-0.39, 0.29) is 0 Å². The van der Waals surface area contributed by atoms with E-state index < -0.39 is 0 Å². The third kappa shape index (κ3) is 6.49. The first-order chi connectivity index (χ1) is 7.60. The van der Waals surface area contributed by atoms with Crippen molar-refractivity contribution < 1.29 is 9.22 Å². The number of unbranched alkanes of at least 4 members (excludes halogenated alkanes) is 1. The normalized spacial score (nSPS) is 15.4. The van der Waals surface area contributed by atoms with Gasteiger partial charge in [-0.3, -0.25) is 0 Å². The highest BCUT2D eigenvalue weighted by Gasteiger charge is 2.23. The Balaban J connectivity index is 4.14. The van der Waals surface area contributed by atoms with E-state index in [1.807, 2.05) is 0 Å². The first kappa shape index (κ1) is 15.9. The Morgan fingerprint density at radius 2 is 1.62 bits per heavy atom. The van der Waals surface area contributed by atoms with Crippen LogP contribution in [0.2, 0.25) is 0 Å². The number of hydrogen-bond acceptors (Lipinski definition) is 1. The molecule has 0 aromatic rings. The first-order valence-electron chi connectivity index (χ1n) is 7.07. The number of quaternary nitrogens is 1. The van der Waals surface area contributed by atoms with Crippen LogP contribution in [0.4, 0.5) is 0 Å². The molecule has 0 spiro atoms. The maximum Gasteiger partial charge on any atom is 0.102 e. The van der Waals surface area contributed by atoms with Gasteiger partial charge in [0.05, 0.1) is 32.3 Å². The van der Waals surface area contributed by atoms with Gasteiger partial charge in [-0.1, -0.05) is 20.3 Å². The molecule has 0 aliphatic carbocycles. The largest absolute Gasteiger partial charge is 0.373 e. The lowest BCUT2D eigenvalue weighted by Gasteiger charge is -2.38. The van der Waals surface area contributed by atoms with Crippen molar-refractivity contribution in [2.24, 2.45) is 0 Å². The minimum Gasteiger partial charge on any atom is -0.373 e. The fraction of sp³-hybridized carbons (Fsp3) is 1.00. The van der Waals surface area contributed by atoms with Crippen molar-refractivity contribution in [2.75, 3.05) is 32.8 Å². The summed E-state index contributed by atoms with van der Waals surface area (Å²) in [4.78, 5) is 0. The van der Waals surface area contributed by atoms with Gasteiger partial charge < -0.3 is 9.22 Å². The van der Waals surface area contributed by atoms with Gasteiger partial charge >= 0.3 is 0 Å². The fourth-order valence-electron chi connectivity index (χ4n) is 2.26. The molecule has 0 aliphatic rings. The second kappa shape index (κ2) is 9.00. The molecule has 0 bridgehead atoms. The Kier molecular flexibility index (Phi) is 8.96. The van der Waals surface area contributed by atoms with Gasteiger partial charge in [-0.2, -0.15) is 0 Å². The average molecular weight is 230 g/mol. The van der Waals surface area contributed by atoms with Crippen molar-refractivity contribution >= 4 is 0 Å². The molecule has 0 amide bonds. The summed E-state index contributed by atoms with van der Waals surface area (Å²) >= 11 is 0. The van der Waals surface area contributed by atoms with Crippen LogP contribution in [0.15, 0.2) is 0 Å². The molecule has 0 N–H and O–H groups in total. The number of nitrogens with zero attached hydrogens (tertiary/aromatic N) is 1. The third-order valence-electron chi connectivity index (χ3n) is 3.37. The molecule has 0 saturated heterocycles. The van der Waals surface area contributed by atoms with Gasteiger partial charge in [0.15, 0.2) is 0 Å². The van der Waals surface area contributed by atoms with Gasteiger partial charge in [0.1, 0.15) is 6.54 Å². The summed E-state index contributed by atoms with van der Waals surface area (Å²) in [6.07, 6.45) is 4.29. The standard InChI is InChI=1S/C14H32NO/c1-6-9-11-15(8-3,10-7-2)12-13-16-14(4)5/h14H,6-13H2,1-5H3/q+1. The molecule has 0 heterocycles. The summed E-state index contributed by atoms with van der Waals surface area (Å²) in [5.74, 6) is 0. The van der Waals surface area contributed by atoms with Gasteiger partial charge in [-0.05, 0) is 33.6 Å². The molecule has 2 nitrogen and oxygen atoms in total. The molecule has 0 radical (unpaired) electrons. The van der Waals surface area contributed by atoms with Crippen molar-refractivity contribution in [1.82, 2.24) is 0 Å². The van der Waals surface area contributed by atoms with Crippen molar-refractivity contribution in [3.63, 3.8) is 0 Å². The maximum atomic E-state index is 5.71. The Hall–Kier alpha value is -0.0800. The second-order valence-electron chi connectivity index (χ2n) is 5.10. The van der Waals surface area contributed by atoms with E-state index in [2.05, 4.69) is 34.6 Å². The van der Waals surface area contributed by atoms with E-state index in [0.717, 1.165) is 6.61 Å². The van der Waals surface area contributed by atoms with Gasteiger partial charge in [-0.15, -0.1) is 0 Å². The zero-order valence-corrected chi connectivity index (χ0v) is 12.1. The molecule has 0 rings (SSSR count). The summed E-state index contributed by atoms with van der Waals surface area (Å²) in [7, 11) is 0. The van der Waals surface area contributed by atoms with E-state index >= 15 is 0 Å². The quantitative estimate of drug-likeness (QED) is 0.522. The van der Waals surface area contributed by atoms with Crippen LogP contribution >= 0.6 is 0 Å². The Labute approximate surface area is 103 Å². The summed E-state index contributed by atoms with van der Waals surface area (Å²) in [5, 5.41) is 0. The van der Waals surface area contributed by atoms with Crippen LogP contribution in [0.1, 0.15) is 53.9 Å². The van der Waals surface area contributed by atoms with Crippen molar-refractivity contribution in [3.8, 4) is 0 Å². The number of rotatable bonds is 10. The summed E-state index contributed by atoms with van der Waals surface area (Å²) in [5.41, 5.74) is 0. The Morgan fingerprint density at radius 1 is 0.938 bits per heavy atom. The first-order valence-corrected chi connectivity index (χ1v) is 7.07. The Bertz CT molecular complexity index is 159. The van der Waals surface area contributed by atoms with E-state index in [4.69, 9.17) is 4.74 Å². The second-order valence-corrected chi connectivity index (χ2v) is 5.10. The van der Waals surface area contributed by atoms with Gasteiger partial charge in [-0.25, -0.2) is 0 Å². The zero-order chi connectivity index (χ0) is 12.4. The SMILES string of the molecule is CCCC[N+](CC)(CCC)CCOC(C)C. The van der Waals surface area contributed by atoms with Crippen molar-refractivity contribution in [2.45, 2.75) is 60.0 Å². The molecule has 0 aromatic carbocycles. The van der Waals surface area contributed by atoms with Crippen molar-refractivity contribution in [3.05, 3.63) is 0 Å². The van der Waals surface area contributed by atoms with Crippen LogP contribution in [0.3, 0.4) is 0 Å². The molecular weight excluding hydrogens is 198 g/mol. The van der Waals surface area contributed by atoms with Crippen LogP contribution in [-0.2, 0) is 4.74 Å². The number of hydrogen-bond donors (Lipinski definition) is 0. The van der Waals surface area contributed by atoms with Crippen molar-refractivity contribution in [1.29, 1.82) is 0 Å². The molecular formula is C14H32NO+. The van der Waals surface area contributed by atoms with Crippen LogP contribution in [0, 0.1) is 0 Å². The predicted octanol–water partition coefficient (Wildman–Crippen LogP) is 3.46. The summed E-state index contributed by atoms with van der Waals surface area (Å²) in [6, 6.07) is 0. The van der Waals surface area contributed by atoms with Crippen LogP contribution < -0.4 is 0 Å².